The first-order valence-corrected chi connectivity index (χ1v) is 4.35. The Balaban J connectivity index is 2.69. The van der Waals surface area contributed by atoms with Crippen LogP contribution in [0.3, 0.4) is 0 Å². The molecule has 1 heterocycles. The maximum absolute atomic E-state index is 11.3. The maximum atomic E-state index is 11.3. The Bertz CT molecular complexity index is 370. The monoisotopic (exact) mass is 211 g/mol. The number of hydrogen-bond donors (Lipinski definition) is 0. The van der Waals surface area contributed by atoms with Gasteiger partial charge in [0.25, 0.3) is 0 Å². The maximum Gasteiger partial charge on any atom is 0.358 e. The highest BCUT2D eigenvalue weighted by Crippen LogP contribution is 1.98. The smallest absolute Gasteiger partial charge is 0.358 e. The van der Waals surface area contributed by atoms with Gasteiger partial charge in [0.1, 0.15) is 6.54 Å². The summed E-state index contributed by atoms with van der Waals surface area (Å²) in [5.74, 6) is -0.574. The Morgan fingerprint density at radius 2 is 2.20 bits per heavy atom. The Morgan fingerprint density at radius 1 is 1.53 bits per heavy atom. The van der Waals surface area contributed by atoms with Crippen LogP contribution < -0.4 is 0 Å². The van der Waals surface area contributed by atoms with Gasteiger partial charge in [0, 0.05) is 20.3 Å². The summed E-state index contributed by atoms with van der Waals surface area (Å²) in [6, 6.07) is 0. The van der Waals surface area contributed by atoms with E-state index in [2.05, 4.69) is 9.72 Å². The van der Waals surface area contributed by atoms with Crippen LogP contribution in [-0.2, 0) is 16.1 Å². The van der Waals surface area contributed by atoms with Gasteiger partial charge in [0.05, 0.1) is 13.4 Å². The number of imidazole rings is 1. The highest BCUT2D eigenvalue weighted by atomic mass is 16.5. The van der Waals surface area contributed by atoms with Crippen LogP contribution in [0, 0.1) is 0 Å². The minimum atomic E-state index is -0.508. The molecular weight excluding hydrogens is 198 g/mol. The average molecular weight is 211 g/mol. The van der Waals surface area contributed by atoms with Gasteiger partial charge in [-0.15, -0.1) is 0 Å². The zero-order chi connectivity index (χ0) is 11.4. The number of aromatic nitrogens is 2. The van der Waals surface area contributed by atoms with E-state index in [4.69, 9.17) is 0 Å². The van der Waals surface area contributed by atoms with Crippen LogP contribution in [0.25, 0.3) is 0 Å². The van der Waals surface area contributed by atoms with Crippen molar-refractivity contribution < 1.29 is 14.3 Å². The van der Waals surface area contributed by atoms with E-state index in [1.807, 2.05) is 0 Å². The standard InChI is InChI=1S/C9H13N3O3/c1-11(2)8(13)5-12-4-7(10-6-12)9(14)15-3/h4,6H,5H2,1-3H3. The summed E-state index contributed by atoms with van der Waals surface area (Å²) in [4.78, 5) is 27.7. The van der Waals surface area contributed by atoms with Crippen molar-refractivity contribution >= 4 is 11.9 Å². The molecule has 1 aromatic rings. The molecule has 0 bridgehead atoms. The molecule has 0 aromatic carbocycles. The molecule has 0 saturated heterocycles. The first-order valence-electron chi connectivity index (χ1n) is 4.35. The summed E-state index contributed by atoms with van der Waals surface area (Å²) in [5.41, 5.74) is 0.198. The van der Waals surface area contributed by atoms with Crippen LogP contribution in [0.15, 0.2) is 12.5 Å². The minimum Gasteiger partial charge on any atom is -0.464 e. The quantitative estimate of drug-likeness (QED) is 0.647. The predicted octanol–water partition coefficient (Wildman–Crippen LogP) is -0.242. The summed E-state index contributed by atoms with van der Waals surface area (Å²) in [6.45, 7) is 0.164. The van der Waals surface area contributed by atoms with E-state index in [9.17, 15) is 9.59 Å². The van der Waals surface area contributed by atoms with E-state index in [0.717, 1.165) is 0 Å². The Morgan fingerprint density at radius 3 is 2.73 bits per heavy atom. The second-order valence-corrected chi connectivity index (χ2v) is 3.21. The highest BCUT2D eigenvalue weighted by Gasteiger charge is 2.11. The second-order valence-electron chi connectivity index (χ2n) is 3.21. The van der Waals surface area contributed by atoms with Crippen molar-refractivity contribution in [3.05, 3.63) is 18.2 Å². The number of esters is 1. The first kappa shape index (κ1) is 11.2. The molecule has 1 rings (SSSR count). The molecular formula is C9H13N3O3. The number of nitrogens with zero attached hydrogens (tertiary/aromatic N) is 3. The topological polar surface area (TPSA) is 64.4 Å². The van der Waals surface area contributed by atoms with Crippen LogP contribution in [0.1, 0.15) is 10.5 Å². The number of likely N-dealkylation sites (N-methyl/N-ethyl adjacent to an activating group) is 1. The molecule has 0 spiro atoms. The molecule has 15 heavy (non-hydrogen) atoms. The molecule has 0 N–H and O–H groups in total. The van der Waals surface area contributed by atoms with Gasteiger partial charge >= 0.3 is 5.97 Å². The normalized spacial score (nSPS) is 9.80. The summed E-state index contributed by atoms with van der Waals surface area (Å²) in [7, 11) is 4.62. The molecule has 0 atom stereocenters. The second kappa shape index (κ2) is 4.59. The zero-order valence-electron chi connectivity index (χ0n) is 8.93. The third-order valence-corrected chi connectivity index (χ3v) is 1.84. The fraction of sp³-hybridized carbons (Fsp3) is 0.444. The zero-order valence-corrected chi connectivity index (χ0v) is 8.93. The molecule has 1 amide bonds. The SMILES string of the molecule is COC(=O)c1cn(CC(=O)N(C)C)cn1. The van der Waals surface area contributed by atoms with E-state index in [-0.39, 0.29) is 18.1 Å². The van der Waals surface area contributed by atoms with E-state index in [0.29, 0.717) is 0 Å². The summed E-state index contributed by atoms with van der Waals surface area (Å²) >= 11 is 0. The van der Waals surface area contributed by atoms with Gasteiger partial charge in [-0.25, -0.2) is 9.78 Å². The molecule has 1 aromatic heterocycles. The van der Waals surface area contributed by atoms with E-state index < -0.39 is 5.97 Å². The van der Waals surface area contributed by atoms with E-state index in [1.54, 1.807) is 14.1 Å². The van der Waals surface area contributed by atoms with E-state index in [1.165, 1.54) is 29.1 Å². The summed E-state index contributed by atoms with van der Waals surface area (Å²) in [6.07, 6.45) is 2.90. The molecule has 0 aliphatic rings. The summed E-state index contributed by atoms with van der Waals surface area (Å²) < 4.78 is 6.03. The third-order valence-electron chi connectivity index (χ3n) is 1.84. The number of ether oxygens (including phenoxy) is 1. The first-order chi connectivity index (χ1) is 7.04. The lowest BCUT2D eigenvalue weighted by atomic mass is 10.5. The van der Waals surface area contributed by atoms with Crippen molar-refractivity contribution in [3.8, 4) is 0 Å². The Kier molecular flexibility index (Phi) is 3.43. The van der Waals surface area contributed by atoms with Crippen molar-refractivity contribution in [2.75, 3.05) is 21.2 Å². The molecule has 0 radical (unpaired) electrons. The van der Waals surface area contributed by atoms with Gasteiger partial charge in [-0.05, 0) is 0 Å². The molecule has 0 fully saturated rings. The number of rotatable bonds is 3. The lowest BCUT2D eigenvalue weighted by Crippen LogP contribution is -2.25. The molecule has 0 saturated carbocycles. The van der Waals surface area contributed by atoms with Crippen LogP contribution in [-0.4, -0.2) is 47.5 Å². The molecule has 0 aliphatic heterocycles. The van der Waals surface area contributed by atoms with Gasteiger partial charge in [-0.2, -0.15) is 0 Å². The number of hydrogen-bond acceptors (Lipinski definition) is 4. The van der Waals surface area contributed by atoms with Crippen LogP contribution in [0.2, 0.25) is 0 Å². The minimum absolute atomic E-state index is 0.0659. The van der Waals surface area contributed by atoms with Crippen molar-refractivity contribution in [1.82, 2.24) is 14.5 Å². The third kappa shape index (κ3) is 2.80. The van der Waals surface area contributed by atoms with Gasteiger partial charge < -0.3 is 14.2 Å². The fourth-order valence-corrected chi connectivity index (χ4v) is 0.954. The van der Waals surface area contributed by atoms with Gasteiger partial charge in [0.15, 0.2) is 5.69 Å². The van der Waals surface area contributed by atoms with Crippen LogP contribution >= 0.6 is 0 Å². The fourth-order valence-electron chi connectivity index (χ4n) is 0.954. The van der Waals surface area contributed by atoms with Crippen LogP contribution in [0.4, 0.5) is 0 Å². The Labute approximate surface area is 87.5 Å². The molecule has 6 heteroatoms. The molecule has 6 nitrogen and oxygen atoms in total. The van der Waals surface area contributed by atoms with Gasteiger partial charge in [-0.1, -0.05) is 0 Å². The van der Waals surface area contributed by atoms with Crippen molar-refractivity contribution in [1.29, 1.82) is 0 Å². The average Bonchev–Trinajstić information content (AvgIpc) is 2.65. The lowest BCUT2D eigenvalue weighted by Gasteiger charge is -2.09. The highest BCUT2D eigenvalue weighted by molar-refractivity contribution is 5.86. The molecule has 0 unspecified atom stereocenters. The number of methoxy groups -OCH3 is 1. The van der Waals surface area contributed by atoms with Gasteiger partial charge in [-0.3, -0.25) is 4.79 Å². The van der Waals surface area contributed by atoms with E-state index >= 15 is 0 Å². The summed E-state index contributed by atoms with van der Waals surface area (Å²) in [5, 5.41) is 0. The molecule has 82 valence electrons. The van der Waals surface area contributed by atoms with Crippen LogP contribution in [0.5, 0.6) is 0 Å². The number of carbonyl (C=O) groups is 2. The number of amides is 1. The van der Waals surface area contributed by atoms with Crippen molar-refractivity contribution in [2.45, 2.75) is 6.54 Å². The van der Waals surface area contributed by atoms with Crippen molar-refractivity contribution in [2.24, 2.45) is 0 Å². The van der Waals surface area contributed by atoms with Crippen molar-refractivity contribution in [3.63, 3.8) is 0 Å². The largest absolute Gasteiger partial charge is 0.464 e. The molecule has 0 aliphatic carbocycles. The lowest BCUT2D eigenvalue weighted by molar-refractivity contribution is -0.129. The van der Waals surface area contributed by atoms with Gasteiger partial charge in [0.2, 0.25) is 5.91 Å². The Hall–Kier alpha value is -1.85. The predicted molar refractivity (Wildman–Crippen MR) is 52.3 cm³/mol. The number of carbonyl (C=O) groups excluding carboxylic acids is 2.